The predicted octanol–water partition coefficient (Wildman–Crippen LogP) is 4.30. The minimum atomic E-state index is 0.536. The molecule has 2 nitrogen and oxygen atoms in total. The summed E-state index contributed by atoms with van der Waals surface area (Å²) in [6.45, 7) is 5.60. The van der Waals surface area contributed by atoms with Crippen LogP contribution in [0, 0.1) is 5.92 Å². The third-order valence-corrected chi connectivity index (χ3v) is 2.66. The number of hydrogen-bond acceptors (Lipinski definition) is 2. The molecule has 0 heterocycles. The number of hydrogen-bond donors (Lipinski definition) is 0. The fourth-order valence-electron chi connectivity index (χ4n) is 1.64. The van der Waals surface area contributed by atoms with Crippen molar-refractivity contribution in [1.82, 2.24) is 0 Å². The first-order valence-corrected chi connectivity index (χ1v) is 6.63. The quantitative estimate of drug-likeness (QED) is 0.767. The molecule has 0 spiro atoms. The molecular weight excluding hydrogens is 236 g/mol. The lowest BCUT2D eigenvalue weighted by atomic mass is 10.2. The van der Waals surface area contributed by atoms with Gasteiger partial charge in [-0.3, -0.25) is 0 Å². The van der Waals surface area contributed by atoms with Gasteiger partial charge in [-0.1, -0.05) is 44.2 Å². The average molecular weight is 256 g/mol. The third kappa shape index (κ3) is 4.66. The van der Waals surface area contributed by atoms with E-state index in [1.165, 1.54) is 5.56 Å². The molecule has 0 aromatic heterocycles. The van der Waals surface area contributed by atoms with Crippen LogP contribution < -0.4 is 9.47 Å². The first-order chi connectivity index (χ1) is 9.24. The van der Waals surface area contributed by atoms with Crippen LogP contribution in [0.3, 0.4) is 0 Å². The topological polar surface area (TPSA) is 18.5 Å². The molecule has 0 radical (unpaired) electrons. The van der Waals surface area contributed by atoms with Crippen LogP contribution >= 0.6 is 0 Å². The van der Waals surface area contributed by atoms with Crippen molar-refractivity contribution in [3.05, 3.63) is 60.2 Å². The minimum Gasteiger partial charge on any atom is -0.493 e. The van der Waals surface area contributed by atoms with Crippen LogP contribution in [0.1, 0.15) is 19.4 Å². The second-order valence-electron chi connectivity index (χ2n) is 4.95. The molecule has 2 aromatic carbocycles. The summed E-state index contributed by atoms with van der Waals surface area (Å²) < 4.78 is 11.3. The van der Waals surface area contributed by atoms with Gasteiger partial charge in [-0.15, -0.1) is 0 Å². The van der Waals surface area contributed by atoms with E-state index in [2.05, 4.69) is 26.0 Å². The second kappa shape index (κ2) is 6.83. The van der Waals surface area contributed by atoms with Gasteiger partial charge in [0, 0.05) is 0 Å². The Morgan fingerprint density at radius 3 is 1.95 bits per heavy atom. The fraction of sp³-hybridized carbons (Fsp3) is 0.294. The Labute approximate surface area is 115 Å². The standard InChI is InChI=1S/C17H20O2/c1-14(2)12-18-16-8-10-17(11-9-16)19-13-15-6-4-3-5-7-15/h3-11,14H,12-13H2,1-2H3. The molecule has 0 fully saturated rings. The summed E-state index contributed by atoms with van der Waals surface area (Å²) in [6, 6.07) is 17.9. The highest BCUT2D eigenvalue weighted by atomic mass is 16.5. The van der Waals surface area contributed by atoms with Crippen LogP contribution in [0.15, 0.2) is 54.6 Å². The van der Waals surface area contributed by atoms with Gasteiger partial charge in [0.25, 0.3) is 0 Å². The summed E-state index contributed by atoms with van der Waals surface area (Å²) in [5.41, 5.74) is 1.17. The highest BCUT2D eigenvalue weighted by molar-refractivity contribution is 5.31. The first-order valence-electron chi connectivity index (χ1n) is 6.63. The summed E-state index contributed by atoms with van der Waals surface area (Å²) in [4.78, 5) is 0. The molecule has 0 aliphatic carbocycles. The van der Waals surface area contributed by atoms with Crippen LogP contribution in [0.4, 0.5) is 0 Å². The molecular formula is C17H20O2. The van der Waals surface area contributed by atoms with Crippen molar-refractivity contribution in [3.63, 3.8) is 0 Å². The Balaban J connectivity index is 1.85. The summed E-state index contributed by atoms with van der Waals surface area (Å²) in [7, 11) is 0. The largest absolute Gasteiger partial charge is 0.493 e. The van der Waals surface area contributed by atoms with E-state index < -0.39 is 0 Å². The third-order valence-electron chi connectivity index (χ3n) is 2.66. The van der Waals surface area contributed by atoms with E-state index in [0.29, 0.717) is 12.5 Å². The minimum absolute atomic E-state index is 0.536. The molecule has 0 saturated heterocycles. The molecule has 19 heavy (non-hydrogen) atoms. The van der Waals surface area contributed by atoms with Gasteiger partial charge in [0.2, 0.25) is 0 Å². The summed E-state index contributed by atoms with van der Waals surface area (Å²) in [5, 5.41) is 0. The van der Waals surface area contributed by atoms with Crippen molar-refractivity contribution in [1.29, 1.82) is 0 Å². The molecule has 0 atom stereocenters. The molecule has 0 unspecified atom stereocenters. The van der Waals surface area contributed by atoms with Gasteiger partial charge in [-0.05, 0) is 35.7 Å². The average Bonchev–Trinajstić information content (AvgIpc) is 2.45. The lowest BCUT2D eigenvalue weighted by Gasteiger charge is -2.10. The maximum absolute atomic E-state index is 5.72. The molecule has 0 aliphatic rings. The molecule has 2 heteroatoms. The maximum atomic E-state index is 5.72. The van der Waals surface area contributed by atoms with Crippen LogP contribution in [-0.2, 0) is 6.61 Å². The maximum Gasteiger partial charge on any atom is 0.120 e. The zero-order chi connectivity index (χ0) is 13.5. The van der Waals surface area contributed by atoms with Gasteiger partial charge in [0.15, 0.2) is 0 Å². The highest BCUT2D eigenvalue weighted by Gasteiger charge is 1.99. The molecule has 0 amide bonds. The SMILES string of the molecule is CC(C)COc1ccc(OCc2ccccc2)cc1. The lowest BCUT2D eigenvalue weighted by molar-refractivity contribution is 0.269. The smallest absolute Gasteiger partial charge is 0.120 e. The zero-order valence-corrected chi connectivity index (χ0v) is 11.5. The summed E-state index contributed by atoms with van der Waals surface area (Å²) in [6.07, 6.45) is 0. The molecule has 100 valence electrons. The Hall–Kier alpha value is -1.96. The zero-order valence-electron chi connectivity index (χ0n) is 11.5. The Morgan fingerprint density at radius 2 is 1.37 bits per heavy atom. The van der Waals surface area contributed by atoms with E-state index >= 15 is 0 Å². The van der Waals surface area contributed by atoms with Gasteiger partial charge in [-0.25, -0.2) is 0 Å². The first kappa shape index (κ1) is 13.5. The van der Waals surface area contributed by atoms with E-state index in [4.69, 9.17) is 9.47 Å². The van der Waals surface area contributed by atoms with Crippen molar-refractivity contribution in [2.75, 3.05) is 6.61 Å². The van der Waals surface area contributed by atoms with Gasteiger partial charge >= 0.3 is 0 Å². The fourth-order valence-corrected chi connectivity index (χ4v) is 1.64. The van der Waals surface area contributed by atoms with Crippen LogP contribution in [0.25, 0.3) is 0 Å². The van der Waals surface area contributed by atoms with Crippen molar-refractivity contribution < 1.29 is 9.47 Å². The molecule has 0 aliphatic heterocycles. The van der Waals surface area contributed by atoms with Gasteiger partial charge in [-0.2, -0.15) is 0 Å². The predicted molar refractivity (Wildman–Crippen MR) is 77.5 cm³/mol. The van der Waals surface area contributed by atoms with Crippen molar-refractivity contribution in [3.8, 4) is 11.5 Å². The molecule has 0 saturated carbocycles. The lowest BCUT2D eigenvalue weighted by Crippen LogP contribution is -2.04. The second-order valence-corrected chi connectivity index (χ2v) is 4.95. The van der Waals surface area contributed by atoms with Gasteiger partial charge in [0.1, 0.15) is 18.1 Å². The molecule has 2 aromatic rings. The molecule has 0 N–H and O–H groups in total. The number of rotatable bonds is 6. The monoisotopic (exact) mass is 256 g/mol. The van der Waals surface area contributed by atoms with Gasteiger partial charge in [0.05, 0.1) is 6.61 Å². The highest BCUT2D eigenvalue weighted by Crippen LogP contribution is 2.19. The van der Waals surface area contributed by atoms with Crippen LogP contribution in [0.2, 0.25) is 0 Å². The molecule has 2 rings (SSSR count). The van der Waals surface area contributed by atoms with Gasteiger partial charge < -0.3 is 9.47 Å². The van der Waals surface area contributed by atoms with Crippen molar-refractivity contribution >= 4 is 0 Å². The summed E-state index contributed by atoms with van der Waals surface area (Å²) >= 11 is 0. The molecule has 0 bridgehead atoms. The van der Waals surface area contributed by atoms with E-state index in [0.717, 1.165) is 18.1 Å². The van der Waals surface area contributed by atoms with Crippen molar-refractivity contribution in [2.45, 2.75) is 20.5 Å². The van der Waals surface area contributed by atoms with E-state index in [1.807, 2.05) is 42.5 Å². The van der Waals surface area contributed by atoms with Crippen LogP contribution in [-0.4, -0.2) is 6.61 Å². The van der Waals surface area contributed by atoms with E-state index in [1.54, 1.807) is 0 Å². The normalized spacial score (nSPS) is 10.5. The number of benzene rings is 2. The van der Waals surface area contributed by atoms with Crippen molar-refractivity contribution in [2.24, 2.45) is 5.92 Å². The Kier molecular flexibility index (Phi) is 4.85. The Morgan fingerprint density at radius 1 is 0.789 bits per heavy atom. The Bertz CT molecular complexity index is 474. The van der Waals surface area contributed by atoms with Crippen LogP contribution in [0.5, 0.6) is 11.5 Å². The summed E-state index contributed by atoms with van der Waals surface area (Å²) in [5.74, 6) is 2.29. The van der Waals surface area contributed by atoms with E-state index in [-0.39, 0.29) is 0 Å². The van der Waals surface area contributed by atoms with E-state index in [9.17, 15) is 0 Å². The number of ether oxygens (including phenoxy) is 2.